The second kappa shape index (κ2) is 3.69. The summed E-state index contributed by atoms with van der Waals surface area (Å²) in [6.45, 7) is 7.96. The highest BCUT2D eigenvalue weighted by molar-refractivity contribution is 5.70. The lowest BCUT2D eigenvalue weighted by molar-refractivity contribution is -0.157. The fourth-order valence-electron chi connectivity index (χ4n) is 1.85. The van der Waals surface area contributed by atoms with E-state index in [1.165, 1.54) is 12.8 Å². The molecule has 0 unspecified atom stereocenters. The van der Waals surface area contributed by atoms with E-state index in [-0.39, 0.29) is 11.6 Å². The van der Waals surface area contributed by atoms with Crippen LogP contribution in [0.3, 0.4) is 0 Å². The molecule has 2 heteroatoms. The molecular formula is C11H20O2. The molecule has 0 radical (unpaired) electrons. The lowest BCUT2D eigenvalue weighted by Gasteiger charge is -2.32. The first-order valence-electron chi connectivity index (χ1n) is 5.08. The molecule has 0 amide bonds. The Kier molecular flexibility index (Phi) is 2.99. The maximum atomic E-state index is 11.3. The number of hydrogen-bond acceptors (Lipinski definition) is 2. The van der Waals surface area contributed by atoms with Gasteiger partial charge >= 0.3 is 5.97 Å². The third-order valence-electron chi connectivity index (χ3n) is 2.35. The molecule has 0 N–H and O–H groups in total. The second-order valence-electron chi connectivity index (χ2n) is 5.23. The molecule has 0 aromatic carbocycles. The Labute approximate surface area is 80.7 Å². The molecule has 0 aromatic heterocycles. The Bertz CT molecular complexity index is 185. The number of esters is 1. The van der Waals surface area contributed by atoms with Gasteiger partial charge in [0.1, 0.15) is 5.60 Å². The Morgan fingerprint density at radius 2 is 1.92 bits per heavy atom. The van der Waals surface area contributed by atoms with Crippen LogP contribution in [0.5, 0.6) is 0 Å². The van der Waals surface area contributed by atoms with Crippen molar-refractivity contribution in [1.29, 1.82) is 0 Å². The standard InChI is InChI=1S/C11H20O2/c1-8-5-9(6-8)7-10(12)13-11(2,3)4/h8-9H,5-7H2,1-4H3. The van der Waals surface area contributed by atoms with Crippen LogP contribution in [0, 0.1) is 11.8 Å². The summed E-state index contributed by atoms with van der Waals surface area (Å²) < 4.78 is 5.24. The van der Waals surface area contributed by atoms with E-state index >= 15 is 0 Å². The summed E-state index contributed by atoms with van der Waals surface area (Å²) in [5.41, 5.74) is -0.327. The molecule has 2 nitrogen and oxygen atoms in total. The average molecular weight is 184 g/mol. The molecule has 0 heterocycles. The molecule has 76 valence electrons. The van der Waals surface area contributed by atoms with E-state index in [2.05, 4.69) is 6.92 Å². The lowest BCUT2D eigenvalue weighted by Crippen LogP contribution is -2.29. The summed E-state index contributed by atoms with van der Waals surface area (Å²) in [6.07, 6.45) is 3.00. The SMILES string of the molecule is CC1CC(CC(=O)OC(C)(C)C)C1. The number of carbonyl (C=O) groups excluding carboxylic acids is 1. The zero-order valence-corrected chi connectivity index (χ0v) is 9.09. The molecule has 13 heavy (non-hydrogen) atoms. The molecule has 1 aliphatic carbocycles. The van der Waals surface area contributed by atoms with Gasteiger partial charge < -0.3 is 4.74 Å². The summed E-state index contributed by atoms with van der Waals surface area (Å²) in [4.78, 5) is 11.3. The van der Waals surface area contributed by atoms with Crippen LogP contribution >= 0.6 is 0 Å². The molecule has 0 aromatic rings. The average Bonchev–Trinajstić information content (AvgIpc) is 1.79. The first kappa shape index (κ1) is 10.6. The van der Waals surface area contributed by atoms with Gasteiger partial charge in [0.05, 0.1) is 0 Å². The molecule has 0 spiro atoms. The molecular weight excluding hydrogens is 164 g/mol. The van der Waals surface area contributed by atoms with Gasteiger partial charge in [-0.15, -0.1) is 0 Å². The van der Waals surface area contributed by atoms with E-state index in [1.807, 2.05) is 20.8 Å². The Balaban J connectivity index is 2.19. The highest BCUT2D eigenvalue weighted by Gasteiger charge is 2.29. The van der Waals surface area contributed by atoms with Crippen molar-refractivity contribution in [2.24, 2.45) is 11.8 Å². The van der Waals surface area contributed by atoms with Gasteiger partial charge in [-0.2, -0.15) is 0 Å². The third kappa shape index (κ3) is 3.79. The number of ether oxygens (including phenoxy) is 1. The van der Waals surface area contributed by atoms with Crippen molar-refractivity contribution in [2.45, 2.75) is 52.6 Å². The smallest absolute Gasteiger partial charge is 0.306 e. The number of rotatable bonds is 2. The van der Waals surface area contributed by atoms with Crippen LogP contribution in [0.15, 0.2) is 0 Å². The minimum Gasteiger partial charge on any atom is -0.460 e. The molecule has 0 atom stereocenters. The lowest BCUT2D eigenvalue weighted by atomic mass is 9.74. The highest BCUT2D eigenvalue weighted by atomic mass is 16.6. The normalized spacial score (nSPS) is 28.0. The van der Waals surface area contributed by atoms with Crippen LogP contribution in [-0.2, 0) is 9.53 Å². The van der Waals surface area contributed by atoms with Crippen LogP contribution in [0.25, 0.3) is 0 Å². The van der Waals surface area contributed by atoms with Crippen LogP contribution < -0.4 is 0 Å². The van der Waals surface area contributed by atoms with Crippen molar-refractivity contribution in [2.75, 3.05) is 0 Å². The predicted octanol–water partition coefficient (Wildman–Crippen LogP) is 2.76. The Hall–Kier alpha value is -0.530. The number of carbonyl (C=O) groups is 1. The summed E-state index contributed by atoms with van der Waals surface area (Å²) in [5, 5.41) is 0. The monoisotopic (exact) mass is 184 g/mol. The van der Waals surface area contributed by atoms with Gasteiger partial charge in [0, 0.05) is 6.42 Å². The van der Waals surface area contributed by atoms with Gasteiger partial charge in [0.2, 0.25) is 0 Å². The molecule has 1 aliphatic rings. The van der Waals surface area contributed by atoms with Gasteiger partial charge in [0.15, 0.2) is 0 Å². The van der Waals surface area contributed by atoms with Crippen LogP contribution in [-0.4, -0.2) is 11.6 Å². The molecule has 0 aliphatic heterocycles. The topological polar surface area (TPSA) is 26.3 Å². The van der Waals surface area contributed by atoms with Gasteiger partial charge in [-0.1, -0.05) is 6.92 Å². The fourth-order valence-corrected chi connectivity index (χ4v) is 1.85. The summed E-state index contributed by atoms with van der Waals surface area (Å²) in [7, 11) is 0. The zero-order valence-electron chi connectivity index (χ0n) is 9.09. The summed E-state index contributed by atoms with van der Waals surface area (Å²) in [5.74, 6) is 1.36. The maximum absolute atomic E-state index is 11.3. The Morgan fingerprint density at radius 1 is 1.38 bits per heavy atom. The van der Waals surface area contributed by atoms with Crippen molar-refractivity contribution in [1.82, 2.24) is 0 Å². The Morgan fingerprint density at radius 3 is 2.31 bits per heavy atom. The van der Waals surface area contributed by atoms with Crippen molar-refractivity contribution >= 4 is 5.97 Å². The first-order chi connectivity index (χ1) is 5.87. The molecule has 0 bridgehead atoms. The van der Waals surface area contributed by atoms with Crippen molar-refractivity contribution in [3.8, 4) is 0 Å². The van der Waals surface area contributed by atoms with Crippen LogP contribution in [0.1, 0.15) is 47.0 Å². The minimum atomic E-state index is -0.327. The largest absolute Gasteiger partial charge is 0.460 e. The fraction of sp³-hybridized carbons (Fsp3) is 0.909. The number of hydrogen-bond donors (Lipinski definition) is 0. The van der Waals surface area contributed by atoms with Crippen LogP contribution in [0.2, 0.25) is 0 Å². The third-order valence-corrected chi connectivity index (χ3v) is 2.35. The summed E-state index contributed by atoms with van der Waals surface area (Å²) >= 11 is 0. The molecule has 1 saturated carbocycles. The van der Waals surface area contributed by atoms with Crippen molar-refractivity contribution in [3.05, 3.63) is 0 Å². The van der Waals surface area contributed by atoms with E-state index in [9.17, 15) is 4.79 Å². The van der Waals surface area contributed by atoms with Crippen LogP contribution in [0.4, 0.5) is 0 Å². The predicted molar refractivity (Wildman–Crippen MR) is 52.4 cm³/mol. The summed E-state index contributed by atoms with van der Waals surface area (Å²) in [6, 6.07) is 0. The van der Waals surface area contributed by atoms with Crippen molar-refractivity contribution in [3.63, 3.8) is 0 Å². The highest BCUT2D eigenvalue weighted by Crippen LogP contribution is 2.35. The second-order valence-corrected chi connectivity index (χ2v) is 5.23. The van der Waals surface area contributed by atoms with Gasteiger partial charge in [-0.05, 0) is 45.4 Å². The zero-order chi connectivity index (χ0) is 10.1. The maximum Gasteiger partial charge on any atom is 0.306 e. The van der Waals surface area contributed by atoms with E-state index in [4.69, 9.17) is 4.74 Å². The van der Waals surface area contributed by atoms with Crippen molar-refractivity contribution < 1.29 is 9.53 Å². The van der Waals surface area contributed by atoms with Gasteiger partial charge in [-0.25, -0.2) is 0 Å². The van der Waals surface area contributed by atoms with E-state index < -0.39 is 0 Å². The quantitative estimate of drug-likeness (QED) is 0.617. The first-order valence-corrected chi connectivity index (χ1v) is 5.08. The van der Waals surface area contributed by atoms with Gasteiger partial charge in [-0.3, -0.25) is 4.79 Å². The van der Waals surface area contributed by atoms with Gasteiger partial charge in [0.25, 0.3) is 0 Å². The van der Waals surface area contributed by atoms with E-state index in [0.717, 1.165) is 5.92 Å². The molecule has 1 rings (SSSR count). The van der Waals surface area contributed by atoms with E-state index in [1.54, 1.807) is 0 Å². The van der Waals surface area contributed by atoms with E-state index in [0.29, 0.717) is 12.3 Å². The molecule has 1 fully saturated rings. The molecule has 0 saturated heterocycles. The minimum absolute atomic E-state index is 0.0376.